The van der Waals surface area contributed by atoms with Gasteiger partial charge in [0.25, 0.3) is 0 Å². The molecular formula is C12H21N5O6S. The van der Waals surface area contributed by atoms with Gasteiger partial charge in [-0.2, -0.15) is 12.6 Å². The minimum absolute atomic E-state index is 0.0186. The third-order valence-electron chi connectivity index (χ3n) is 2.74. The maximum atomic E-state index is 12.1. The van der Waals surface area contributed by atoms with E-state index in [9.17, 15) is 24.0 Å². The average molecular weight is 363 g/mol. The van der Waals surface area contributed by atoms with Crippen LogP contribution in [-0.2, 0) is 24.0 Å². The van der Waals surface area contributed by atoms with Crippen LogP contribution >= 0.6 is 12.6 Å². The lowest BCUT2D eigenvalue weighted by Crippen LogP contribution is -2.56. The molecule has 4 amide bonds. The van der Waals surface area contributed by atoms with E-state index >= 15 is 0 Å². The van der Waals surface area contributed by atoms with E-state index in [1.807, 2.05) is 0 Å². The Hall–Kier alpha value is -2.34. The van der Waals surface area contributed by atoms with Crippen molar-refractivity contribution < 1.29 is 29.1 Å². The van der Waals surface area contributed by atoms with Crippen molar-refractivity contribution in [3.05, 3.63) is 0 Å². The molecule has 24 heavy (non-hydrogen) atoms. The molecule has 0 aliphatic heterocycles. The van der Waals surface area contributed by atoms with Gasteiger partial charge in [-0.1, -0.05) is 0 Å². The highest BCUT2D eigenvalue weighted by Crippen LogP contribution is 1.96. The lowest BCUT2D eigenvalue weighted by atomic mass is 10.1. The van der Waals surface area contributed by atoms with Gasteiger partial charge in [-0.25, -0.2) is 0 Å². The summed E-state index contributed by atoms with van der Waals surface area (Å²) in [6.45, 7) is 0.689. The molecule has 3 atom stereocenters. The summed E-state index contributed by atoms with van der Waals surface area (Å²) in [6, 6.07) is -3.41. The Labute approximate surface area is 143 Å². The molecule has 0 aromatic heterocycles. The summed E-state index contributed by atoms with van der Waals surface area (Å²) in [4.78, 5) is 56.8. The first-order chi connectivity index (χ1) is 11.1. The summed E-state index contributed by atoms with van der Waals surface area (Å²) in [5.74, 6) is -4.38. The number of nitrogens with one attached hydrogen (secondary N) is 3. The van der Waals surface area contributed by atoms with Crippen LogP contribution in [0.1, 0.15) is 13.3 Å². The van der Waals surface area contributed by atoms with Gasteiger partial charge < -0.3 is 32.5 Å². The molecule has 136 valence electrons. The third kappa shape index (κ3) is 8.33. The first kappa shape index (κ1) is 21.7. The lowest BCUT2D eigenvalue weighted by Gasteiger charge is -2.21. The Kier molecular flexibility index (Phi) is 9.42. The third-order valence-corrected chi connectivity index (χ3v) is 3.13. The fraction of sp³-hybridized carbons (Fsp3) is 0.583. The van der Waals surface area contributed by atoms with Crippen LogP contribution in [0.3, 0.4) is 0 Å². The Morgan fingerprint density at radius 1 is 1.08 bits per heavy atom. The standard InChI is InChI=1S/C12H21N5O6S/c1-5(10(21)15-3-9(19)20)16-12(23)7(2-8(14)18)17-11(22)6(13)4-24/h5-7,24H,2-4,13H2,1H3,(H2,14,18)(H,15,21)(H,16,23)(H,17,22)(H,19,20). The molecule has 0 fully saturated rings. The molecule has 0 rings (SSSR count). The SMILES string of the molecule is CC(NC(=O)C(CC(N)=O)NC(=O)C(N)CS)C(=O)NCC(=O)O. The predicted molar refractivity (Wildman–Crippen MR) is 85.8 cm³/mol. The Balaban J connectivity index is 4.80. The van der Waals surface area contributed by atoms with Gasteiger partial charge in [0.15, 0.2) is 0 Å². The summed E-state index contributed by atoms with van der Waals surface area (Å²) >= 11 is 3.84. The molecule has 3 unspecified atom stereocenters. The first-order valence-electron chi connectivity index (χ1n) is 6.83. The summed E-state index contributed by atoms with van der Waals surface area (Å²) < 4.78 is 0. The zero-order valence-electron chi connectivity index (χ0n) is 12.9. The smallest absolute Gasteiger partial charge is 0.322 e. The predicted octanol–water partition coefficient (Wildman–Crippen LogP) is -3.69. The zero-order chi connectivity index (χ0) is 18.9. The summed E-state index contributed by atoms with van der Waals surface area (Å²) in [5, 5.41) is 15.0. The van der Waals surface area contributed by atoms with Gasteiger partial charge in [-0.15, -0.1) is 0 Å². The van der Waals surface area contributed by atoms with Crippen molar-refractivity contribution in [1.29, 1.82) is 0 Å². The molecule has 0 bridgehead atoms. The lowest BCUT2D eigenvalue weighted by molar-refractivity contribution is -0.138. The second-order valence-electron chi connectivity index (χ2n) is 4.86. The average Bonchev–Trinajstić information content (AvgIpc) is 2.50. The Morgan fingerprint density at radius 3 is 2.12 bits per heavy atom. The van der Waals surface area contributed by atoms with Crippen LogP contribution in [0.2, 0.25) is 0 Å². The highest BCUT2D eigenvalue weighted by Gasteiger charge is 2.27. The van der Waals surface area contributed by atoms with Crippen molar-refractivity contribution in [1.82, 2.24) is 16.0 Å². The fourth-order valence-electron chi connectivity index (χ4n) is 1.47. The quantitative estimate of drug-likeness (QED) is 0.194. The topological polar surface area (TPSA) is 194 Å². The van der Waals surface area contributed by atoms with E-state index in [1.165, 1.54) is 6.92 Å². The van der Waals surface area contributed by atoms with Gasteiger partial charge in [0.2, 0.25) is 23.6 Å². The minimum Gasteiger partial charge on any atom is -0.480 e. The van der Waals surface area contributed by atoms with E-state index in [-0.39, 0.29) is 5.75 Å². The highest BCUT2D eigenvalue weighted by atomic mass is 32.1. The number of carboxylic acids is 1. The number of carboxylic acid groups (broad SMARTS) is 1. The molecular weight excluding hydrogens is 342 g/mol. The van der Waals surface area contributed by atoms with Gasteiger partial charge in [-0.3, -0.25) is 24.0 Å². The second kappa shape index (κ2) is 10.4. The molecule has 0 saturated carbocycles. The van der Waals surface area contributed by atoms with E-state index in [1.54, 1.807) is 0 Å². The van der Waals surface area contributed by atoms with Crippen LogP contribution in [0.5, 0.6) is 0 Å². The van der Waals surface area contributed by atoms with Crippen molar-refractivity contribution in [2.24, 2.45) is 11.5 Å². The van der Waals surface area contributed by atoms with E-state index in [4.69, 9.17) is 16.6 Å². The van der Waals surface area contributed by atoms with Gasteiger partial charge in [0, 0.05) is 5.75 Å². The molecule has 0 aliphatic rings. The van der Waals surface area contributed by atoms with Crippen molar-refractivity contribution in [2.45, 2.75) is 31.5 Å². The van der Waals surface area contributed by atoms with Gasteiger partial charge in [-0.05, 0) is 6.92 Å². The molecule has 0 spiro atoms. The molecule has 0 aromatic carbocycles. The summed E-state index contributed by atoms with van der Waals surface area (Å²) in [5.41, 5.74) is 10.5. The molecule has 0 saturated heterocycles. The van der Waals surface area contributed by atoms with Crippen LogP contribution < -0.4 is 27.4 Å². The monoisotopic (exact) mass is 363 g/mol. The van der Waals surface area contributed by atoms with Crippen molar-refractivity contribution in [3.8, 4) is 0 Å². The van der Waals surface area contributed by atoms with Crippen LogP contribution in [-0.4, -0.2) is 65.1 Å². The van der Waals surface area contributed by atoms with Crippen LogP contribution in [0.4, 0.5) is 0 Å². The Morgan fingerprint density at radius 2 is 1.67 bits per heavy atom. The molecule has 0 radical (unpaired) electrons. The van der Waals surface area contributed by atoms with Gasteiger partial charge in [0.05, 0.1) is 12.5 Å². The number of rotatable bonds is 10. The van der Waals surface area contributed by atoms with Crippen molar-refractivity contribution >= 4 is 42.2 Å². The van der Waals surface area contributed by atoms with Crippen molar-refractivity contribution in [2.75, 3.05) is 12.3 Å². The van der Waals surface area contributed by atoms with Gasteiger partial charge >= 0.3 is 5.97 Å². The first-order valence-corrected chi connectivity index (χ1v) is 7.46. The summed E-state index contributed by atoms with van der Waals surface area (Å²) in [6.07, 6.45) is -0.500. The minimum atomic E-state index is -1.32. The number of aliphatic carboxylic acids is 1. The molecule has 0 aromatic rings. The number of hydrogen-bond donors (Lipinski definition) is 7. The molecule has 11 nitrogen and oxygen atoms in total. The second-order valence-corrected chi connectivity index (χ2v) is 5.23. The number of nitrogens with two attached hydrogens (primary N) is 2. The largest absolute Gasteiger partial charge is 0.480 e. The van der Waals surface area contributed by atoms with E-state index < -0.39 is 60.7 Å². The van der Waals surface area contributed by atoms with E-state index in [0.29, 0.717) is 0 Å². The van der Waals surface area contributed by atoms with Gasteiger partial charge in [0.1, 0.15) is 18.6 Å². The normalized spacial score (nSPS) is 14.0. The number of primary amides is 1. The molecule has 12 heteroatoms. The summed E-state index contributed by atoms with van der Waals surface area (Å²) in [7, 11) is 0. The van der Waals surface area contributed by atoms with E-state index in [0.717, 1.165) is 0 Å². The number of amides is 4. The molecule has 8 N–H and O–H groups in total. The van der Waals surface area contributed by atoms with E-state index in [2.05, 4.69) is 28.6 Å². The molecule has 0 aliphatic carbocycles. The highest BCUT2D eigenvalue weighted by molar-refractivity contribution is 7.80. The van der Waals surface area contributed by atoms with Crippen LogP contribution in [0.15, 0.2) is 0 Å². The van der Waals surface area contributed by atoms with Crippen molar-refractivity contribution in [3.63, 3.8) is 0 Å². The maximum Gasteiger partial charge on any atom is 0.322 e. The molecule has 0 heterocycles. The number of carbonyl (C=O) groups excluding carboxylic acids is 4. The number of thiol groups is 1. The number of carbonyl (C=O) groups is 5. The zero-order valence-corrected chi connectivity index (χ0v) is 13.8. The Bertz CT molecular complexity index is 514. The maximum absolute atomic E-state index is 12.1. The van der Waals surface area contributed by atoms with Crippen LogP contribution in [0.25, 0.3) is 0 Å². The fourth-order valence-corrected chi connectivity index (χ4v) is 1.63. The van der Waals surface area contributed by atoms with Crippen LogP contribution in [0, 0.1) is 0 Å². The number of hydrogen-bond acceptors (Lipinski definition) is 7.